The Morgan fingerprint density at radius 2 is 1.75 bits per heavy atom. The Hall–Kier alpha value is -3.06. The van der Waals surface area contributed by atoms with Crippen LogP contribution in [0.4, 0.5) is 0 Å². The number of carbonyl (C=O) groups excluding carboxylic acids is 1. The second kappa shape index (κ2) is 9.23. The first-order chi connectivity index (χ1) is 13.5. The summed E-state index contributed by atoms with van der Waals surface area (Å²) in [6.07, 6.45) is 0. The van der Waals surface area contributed by atoms with Gasteiger partial charge >= 0.3 is 0 Å². The number of carbonyl (C=O) groups is 1. The van der Waals surface area contributed by atoms with Crippen LogP contribution in [0.25, 0.3) is 11.4 Å². The molecule has 3 rings (SSSR count). The van der Waals surface area contributed by atoms with Gasteiger partial charge in [0.05, 0.1) is 6.61 Å². The lowest BCUT2D eigenvalue weighted by Crippen LogP contribution is -2.31. The van der Waals surface area contributed by atoms with Gasteiger partial charge in [0.1, 0.15) is 17.5 Å². The number of amides is 1. The van der Waals surface area contributed by atoms with E-state index in [1.54, 1.807) is 55.5 Å². The minimum absolute atomic E-state index is 0.128. The monoisotopic (exact) mass is 401 g/mol. The Labute approximate surface area is 167 Å². The molecule has 0 aliphatic carbocycles. The molecular weight excluding hydrogens is 382 g/mol. The first-order valence-electron chi connectivity index (χ1n) is 8.79. The largest absolute Gasteiger partial charge is 0.494 e. The van der Waals surface area contributed by atoms with Crippen molar-refractivity contribution in [2.24, 2.45) is 0 Å². The highest BCUT2D eigenvalue weighted by Crippen LogP contribution is 2.21. The third-order valence-corrected chi connectivity index (χ3v) is 4.05. The second-order valence-corrected chi connectivity index (χ2v) is 6.38. The van der Waals surface area contributed by atoms with Gasteiger partial charge in [0.25, 0.3) is 5.91 Å². The Kier molecular flexibility index (Phi) is 6.49. The summed E-state index contributed by atoms with van der Waals surface area (Å²) in [5.74, 6) is 1.76. The highest BCUT2D eigenvalue weighted by molar-refractivity contribution is 6.30. The molecule has 1 amide bonds. The molecule has 3 aromatic rings. The lowest BCUT2D eigenvalue weighted by molar-refractivity contribution is -0.123. The highest BCUT2D eigenvalue weighted by atomic mass is 35.5. The molecule has 0 radical (unpaired) electrons. The number of nitrogens with zero attached hydrogens (tertiary/aromatic N) is 2. The van der Waals surface area contributed by atoms with Gasteiger partial charge in [-0.2, -0.15) is 4.98 Å². The van der Waals surface area contributed by atoms with Gasteiger partial charge in [-0.25, -0.2) is 0 Å². The van der Waals surface area contributed by atoms with Gasteiger partial charge in [0, 0.05) is 10.6 Å². The van der Waals surface area contributed by atoms with Crippen LogP contribution < -0.4 is 14.8 Å². The molecule has 1 atom stereocenters. The molecule has 28 heavy (non-hydrogen) atoms. The van der Waals surface area contributed by atoms with Crippen molar-refractivity contribution in [3.05, 3.63) is 59.4 Å². The predicted molar refractivity (Wildman–Crippen MR) is 104 cm³/mol. The van der Waals surface area contributed by atoms with Crippen molar-refractivity contribution in [3.63, 3.8) is 0 Å². The normalized spacial score (nSPS) is 11.7. The molecule has 7 nitrogen and oxygen atoms in total. The quantitative estimate of drug-likeness (QED) is 0.612. The van der Waals surface area contributed by atoms with Crippen molar-refractivity contribution >= 4 is 17.5 Å². The smallest absolute Gasteiger partial charge is 0.258 e. The first-order valence-corrected chi connectivity index (χ1v) is 9.17. The van der Waals surface area contributed by atoms with Crippen LogP contribution in [0.2, 0.25) is 5.02 Å². The maximum absolute atomic E-state index is 12.1. The maximum atomic E-state index is 12.1. The van der Waals surface area contributed by atoms with E-state index in [1.165, 1.54) is 0 Å². The molecule has 8 heteroatoms. The number of ether oxygens (including phenoxy) is 2. The van der Waals surface area contributed by atoms with Crippen LogP contribution in [0.15, 0.2) is 53.1 Å². The van der Waals surface area contributed by atoms with Crippen molar-refractivity contribution in [1.29, 1.82) is 0 Å². The highest BCUT2D eigenvalue weighted by Gasteiger charge is 2.17. The molecule has 1 heterocycles. The predicted octanol–water partition coefficient (Wildman–Crippen LogP) is 4.04. The third-order valence-electron chi connectivity index (χ3n) is 3.80. The maximum Gasteiger partial charge on any atom is 0.258 e. The number of hydrogen-bond donors (Lipinski definition) is 1. The van der Waals surface area contributed by atoms with Crippen molar-refractivity contribution in [1.82, 2.24) is 15.5 Å². The summed E-state index contributed by atoms with van der Waals surface area (Å²) < 4.78 is 16.1. The minimum atomic E-state index is -0.454. The SMILES string of the molecule is CCOc1ccc(OCC(=O)N[C@H](C)c2nc(-c3ccc(Cl)cc3)no2)cc1. The van der Waals surface area contributed by atoms with Gasteiger partial charge in [0.15, 0.2) is 6.61 Å². The van der Waals surface area contributed by atoms with Crippen molar-refractivity contribution < 1.29 is 18.8 Å². The molecule has 0 unspecified atom stereocenters. The number of nitrogens with one attached hydrogen (secondary N) is 1. The van der Waals surface area contributed by atoms with E-state index in [1.807, 2.05) is 6.92 Å². The summed E-state index contributed by atoms with van der Waals surface area (Å²) in [5.41, 5.74) is 0.775. The van der Waals surface area contributed by atoms with Crippen LogP contribution in [0.5, 0.6) is 11.5 Å². The summed E-state index contributed by atoms with van der Waals surface area (Å²) in [6, 6.07) is 13.7. The van der Waals surface area contributed by atoms with Crippen LogP contribution >= 0.6 is 11.6 Å². The summed E-state index contributed by atoms with van der Waals surface area (Å²) in [4.78, 5) is 16.4. The van der Waals surface area contributed by atoms with E-state index >= 15 is 0 Å². The van der Waals surface area contributed by atoms with Gasteiger partial charge in [-0.3, -0.25) is 4.79 Å². The number of rotatable bonds is 8. The number of hydrogen-bond acceptors (Lipinski definition) is 6. The van der Waals surface area contributed by atoms with Gasteiger partial charge in [-0.05, 0) is 62.4 Å². The molecule has 2 aromatic carbocycles. The molecule has 0 spiro atoms. The number of aromatic nitrogens is 2. The third kappa shape index (κ3) is 5.23. The average molecular weight is 402 g/mol. The van der Waals surface area contributed by atoms with Crippen LogP contribution in [0, 0.1) is 0 Å². The van der Waals surface area contributed by atoms with E-state index < -0.39 is 6.04 Å². The Balaban J connectivity index is 1.52. The molecule has 0 bridgehead atoms. The van der Waals surface area contributed by atoms with Crippen LogP contribution in [-0.2, 0) is 4.79 Å². The summed E-state index contributed by atoms with van der Waals surface area (Å²) >= 11 is 5.88. The van der Waals surface area contributed by atoms with E-state index in [-0.39, 0.29) is 12.5 Å². The van der Waals surface area contributed by atoms with E-state index in [0.717, 1.165) is 11.3 Å². The fourth-order valence-electron chi connectivity index (χ4n) is 2.42. The van der Waals surface area contributed by atoms with E-state index in [0.29, 0.717) is 29.1 Å². The fraction of sp³-hybridized carbons (Fsp3) is 0.250. The lowest BCUT2D eigenvalue weighted by atomic mass is 10.2. The van der Waals surface area contributed by atoms with E-state index in [9.17, 15) is 4.79 Å². The van der Waals surface area contributed by atoms with Gasteiger partial charge in [-0.15, -0.1) is 0 Å². The summed E-state index contributed by atoms with van der Waals surface area (Å²) in [5, 5.41) is 7.33. The standard InChI is InChI=1S/C20H20ClN3O4/c1-3-26-16-8-10-17(11-9-16)27-12-18(25)22-13(2)20-23-19(24-28-20)14-4-6-15(21)7-5-14/h4-11,13H,3,12H2,1-2H3,(H,22,25)/t13-/m1/s1. The first kappa shape index (κ1) is 19.7. The molecule has 1 aromatic heterocycles. The molecule has 1 N–H and O–H groups in total. The zero-order chi connectivity index (χ0) is 19.9. The van der Waals surface area contributed by atoms with Crippen molar-refractivity contribution in [2.45, 2.75) is 19.9 Å². The average Bonchev–Trinajstić information content (AvgIpc) is 3.19. The van der Waals surface area contributed by atoms with Crippen molar-refractivity contribution in [2.75, 3.05) is 13.2 Å². The summed E-state index contributed by atoms with van der Waals surface area (Å²) in [7, 11) is 0. The molecule has 146 valence electrons. The number of halogens is 1. The molecule has 0 fully saturated rings. The zero-order valence-corrected chi connectivity index (χ0v) is 16.3. The molecule has 0 aliphatic rings. The fourth-order valence-corrected chi connectivity index (χ4v) is 2.55. The van der Waals surface area contributed by atoms with E-state index in [4.69, 9.17) is 25.6 Å². The van der Waals surface area contributed by atoms with Crippen molar-refractivity contribution in [3.8, 4) is 22.9 Å². The molecule has 0 saturated heterocycles. The topological polar surface area (TPSA) is 86.5 Å². The van der Waals surface area contributed by atoms with Crippen LogP contribution in [-0.4, -0.2) is 29.3 Å². The van der Waals surface area contributed by atoms with Gasteiger partial charge in [0.2, 0.25) is 11.7 Å². The minimum Gasteiger partial charge on any atom is -0.494 e. The van der Waals surface area contributed by atoms with E-state index in [2.05, 4.69) is 15.5 Å². The van der Waals surface area contributed by atoms with Gasteiger partial charge < -0.3 is 19.3 Å². The Morgan fingerprint density at radius 1 is 1.11 bits per heavy atom. The molecular formula is C20H20ClN3O4. The Morgan fingerprint density at radius 3 is 2.39 bits per heavy atom. The van der Waals surface area contributed by atoms with Crippen LogP contribution in [0.3, 0.4) is 0 Å². The van der Waals surface area contributed by atoms with Crippen LogP contribution in [0.1, 0.15) is 25.8 Å². The van der Waals surface area contributed by atoms with Gasteiger partial charge in [-0.1, -0.05) is 16.8 Å². The molecule has 0 aliphatic heterocycles. The summed E-state index contributed by atoms with van der Waals surface area (Å²) in [6.45, 7) is 4.14. The second-order valence-electron chi connectivity index (χ2n) is 5.95. The zero-order valence-electron chi connectivity index (χ0n) is 15.5. The lowest BCUT2D eigenvalue weighted by Gasteiger charge is -2.11. The molecule has 0 saturated carbocycles. The number of benzene rings is 2. The Bertz CT molecular complexity index is 910.